The largest absolute Gasteiger partial charge is 0.342 e. The van der Waals surface area contributed by atoms with Gasteiger partial charge in [0.2, 0.25) is 11.8 Å². The normalized spacial score (nSPS) is 21.9. The second-order valence-electron chi connectivity index (χ2n) is 5.55. The van der Waals surface area contributed by atoms with E-state index >= 15 is 0 Å². The Morgan fingerprint density at radius 3 is 2.35 bits per heavy atom. The highest BCUT2D eigenvalue weighted by molar-refractivity contribution is 5.93. The molecule has 1 saturated heterocycles. The van der Waals surface area contributed by atoms with Crippen LogP contribution in [0, 0.1) is 5.92 Å². The molecule has 5 heteroatoms. The summed E-state index contributed by atoms with van der Waals surface area (Å²) in [5, 5.41) is 0. The fraction of sp³-hybridized carbons (Fsp3) is 0.833. The molecular weight excluding hydrogens is 218 g/mol. The Bertz CT molecular complexity index is 326. The number of amides is 2. The number of hydrogen-bond donors (Lipinski definition) is 1. The van der Waals surface area contributed by atoms with Crippen molar-refractivity contribution in [3.8, 4) is 0 Å². The molecule has 0 aromatic heterocycles. The van der Waals surface area contributed by atoms with Crippen molar-refractivity contribution in [2.45, 2.75) is 39.3 Å². The topological polar surface area (TPSA) is 66.6 Å². The van der Waals surface area contributed by atoms with Crippen LogP contribution in [-0.4, -0.2) is 53.3 Å². The van der Waals surface area contributed by atoms with Crippen LogP contribution in [0.5, 0.6) is 0 Å². The molecule has 1 atom stereocenters. The molecule has 0 aliphatic carbocycles. The van der Waals surface area contributed by atoms with Crippen LogP contribution < -0.4 is 5.73 Å². The first-order valence-electron chi connectivity index (χ1n) is 6.02. The lowest BCUT2D eigenvalue weighted by molar-refractivity contribution is -0.158. The molecule has 2 N–H and O–H groups in total. The second kappa shape index (κ2) is 4.64. The zero-order valence-corrected chi connectivity index (χ0v) is 11.4. The van der Waals surface area contributed by atoms with Crippen LogP contribution in [0.4, 0.5) is 0 Å². The molecule has 1 rings (SSSR count). The average molecular weight is 241 g/mol. The van der Waals surface area contributed by atoms with Gasteiger partial charge in [0.25, 0.3) is 0 Å². The van der Waals surface area contributed by atoms with Crippen molar-refractivity contribution in [2.75, 3.05) is 20.1 Å². The van der Waals surface area contributed by atoms with Crippen LogP contribution >= 0.6 is 0 Å². The first-order valence-corrected chi connectivity index (χ1v) is 6.02. The molecular formula is C12H23N3O2. The van der Waals surface area contributed by atoms with Gasteiger partial charge >= 0.3 is 0 Å². The van der Waals surface area contributed by atoms with E-state index in [2.05, 4.69) is 0 Å². The third kappa shape index (κ3) is 2.44. The van der Waals surface area contributed by atoms with Crippen molar-refractivity contribution in [3.63, 3.8) is 0 Å². The van der Waals surface area contributed by atoms with E-state index in [9.17, 15) is 9.59 Å². The molecule has 0 saturated carbocycles. The van der Waals surface area contributed by atoms with Crippen LogP contribution in [0.3, 0.4) is 0 Å². The predicted octanol–water partition coefficient (Wildman–Crippen LogP) is 0.0489. The lowest BCUT2D eigenvalue weighted by atomic mass is 9.94. The molecule has 5 nitrogen and oxygen atoms in total. The van der Waals surface area contributed by atoms with E-state index in [4.69, 9.17) is 5.73 Å². The number of hydrogen-bond acceptors (Lipinski definition) is 3. The second-order valence-corrected chi connectivity index (χ2v) is 5.55. The Balaban J connectivity index is 2.91. The van der Waals surface area contributed by atoms with Gasteiger partial charge in [0, 0.05) is 20.1 Å². The fourth-order valence-corrected chi connectivity index (χ4v) is 2.06. The molecule has 0 aromatic rings. The fourth-order valence-electron chi connectivity index (χ4n) is 2.06. The van der Waals surface area contributed by atoms with E-state index in [1.807, 2.05) is 13.8 Å². The zero-order chi connectivity index (χ0) is 13.4. The molecule has 1 aliphatic rings. The Hall–Kier alpha value is -1.10. The van der Waals surface area contributed by atoms with E-state index in [0.29, 0.717) is 13.1 Å². The molecule has 0 unspecified atom stereocenters. The minimum atomic E-state index is -0.795. The van der Waals surface area contributed by atoms with Gasteiger partial charge in [-0.1, -0.05) is 13.8 Å². The van der Waals surface area contributed by atoms with E-state index in [-0.39, 0.29) is 17.7 Å². The summed E-state index contributed by atoms with van der Waals surface area (Å²) in [6.07, 6.45) is 0. The quantitative estimate of drug-likeness (QED) is 0.743. The van der Waals surface area contributed by atoms with Gasteiger partial charge < -0.3 is 15.5 Å². The highest BCUT2D eigenvalue weighted by atomic mass is 16.2. The van der Waals surface area contributed by atoms with Gasteiger partial charge in [-0.2, -0.15) is 0 Å². The maximum atomic E-state index is 12.2. The molecule has 1 aliphatic heterocycles. The first-order chi connectivity index (χ1) is 7.69. The van der Waals surface area contributed by atoms with Crippen LogP contribution in [0.25, 0.3) is 0 Å². The third-order valence-corrected chi connectivity index (χ3v) is 3.47. The Labute approximate surface area is 103 Å². The number of carbonyl (C=O) groups is 2. The highest BCUT2D eigenvalue weighted by Gasteiger charge is 2.44. The average Bonchev–Trinajstić information content (AvgIpc) is 2.24. The Kier molecular flexibility index (Phi) is 3.81. The van der Waals surface area contributed by atoms with Crippen LogP contribution in [0.2, 0.25) is 0 Å². The molecule has 98 valence electrons. The summed E-state index contributed by atoms with van der Waals surface area (Å²) in [6, 6.07) is -0.537. The molecule has 1 fully saturated rings. The summed E-state index contributed by atoms with van der Waals surface area (Å²) in [4.78, 5) is 27.6. The summed E-state index contributed by atoms with van der Waals surface area (Å²) in [6.45, 7) is 8.49. The molecule has 0 radical (unpaired) electrons. The number of nitrogens with two attached hydrogens (primary N) is 1. The van der Waals surface area contributed by atoms with Crippen molar-refractivity contribution < 1.29 is 9.59 Å². The zero-order valence-electron chi connectivity index (χ0n) is 11.4. The van der Waals surface area contributed by atoms with Crippen LogP contribution in [0.15, 0.2) is 0 Å². The van der Waals surface area contributed by atoms with Gasteiger partial charge in [0.15, 0.2) is 0 Å². The number of piperazine rings is 1. The first kappa shape index (κ1) is 14.0. The van der Waals surface area contributed by atoms with Gasteiger partial charge in [-0.15, -0.1) is 0 Å². The summed E-state index contributed by atoms with van der Waals surface area (Å²) in [5.41, 5.74) is 5.08. The Morgan fingerprint density at radius 2 is 1.88 bits per heavy atom. The van der Waals surface area contributed by atoms with Gasteiger partial charge in [0.05, 0.1) is 6.04 Å². The SMILES string of the molecule is CC(C)[C@@H](N)C(=O)N1CCN(C)C(=O)C1(C)C. The summed E-state index contributed by atoms with van der Waals surface area (Å²) >= 11 is 0. The van der Waals surface area contributed by atoms with Crippen molar-refractivity contribution in [1.29, 1.82) is 0 Å². The summed E-state index contributed by atoms with van der Waals surface area (Å²) < 4.78 is 0. The van der Waals surface area contributed by atoms with E-state index < -0.39 is 11.6 Å². The minimum absolute atomic E-state index is 0.0342. The highest BCUT2D eigenvalue weighted by Crippen LogP contribution is 2.23. The number of nitrogens with zero attached hydrogens (tertiary/aromatic N) is 2. The van der Waals surface area contributed by atoms with Crippen LogP contribution in [0.1, 0.15) is 27.7 Å². The van der Waals surface area contributed by atoms with Gasteiger partial charge in [-0.25, -0.2) is 0 Å². The molecule has 2 amide bonds. The van der Waals surface area contributed by atoms with E-state index in [0.717, 1.165) is 0 Å². The van der Waals surface area contributed by atoms with Gasteiger partial charge in [-0.05, 0) is 19.8 Å². The molecule has 17 heavy (non-hydrogen) atoms. The lowest BCUT2D eigenvalue weighted by Crippen LogP contribution is -2.66. The smallest absolute Gasteiger partial charge is 0.247 e. The monoisotopic (exact) mass is 241 g/mol. The van der Waals surface area contributed by atoms with Crippen molar-refractivity contribution in [3.05, 3.63) is 0 Å². The van der Waals surface area contributed by atoms with E-state index in [1.54, 1.807) is 30.7 Å². The molecule has 1 heterocycles. The van der Waals surface area contributed by atoms with Crippen molar-refractivity contribution >= 4 is 11.8 Å². The number of likely N-dealkylation sites (N-methyl/N-ethyl adjacent to an activating group) is 1. The standard InChI is InChI=1S/C12H23N3O2/c1-8(2)9(13)10(16)15-7-6-14(5)11(17)12(15,3)4/h8-9H,6-7,13H2,1-5H3/t9-/m1/s1. The third-order valence-electron chi connectivity index (χ3n) is 3.47. The summed E-state index contributed by atoms with van der Waals surface area (Å²) in [5.74, 6) is -0.0902. The van der Waals surface area contributed by atoms with Crippen LogP contribution in [-0.2, 0) is 9.59 Å². The molecule has 0 spiro atoms. The van der Waals surface area contributed by atoms with Gasteiger partial charge in [0.1, 0.15) is 5.54 Å². The maximum absolute atomic E-state index is 12.2. The van der Waals surface area contributed by atoms with E-state index in [1.165, 1.54) is 0 Å². The lowest BCUT2D eigenvalue weighted by Gasteiger charge is -2.45. The molecule has 0 aromatic carbocycles. The van der Waals surface area contributed by atoms with Crippen molar-refractivity contribution in [1.82, 2.24) is 9.80 Å². The Morgan fingerprint density at radius 1 is 1.35 bits per heavy atom. The maximum Gasteiger partial charge on any atom is 0.247 e. The predicted molar refractivity (Wildman–Crippen MR) is 66.2 cm³/mol. The van der Waals surface area contributed by atoms with Crippen molar-refractivity contribution in [2.24, 2.45) is 11.7 Å². The number of rotatable bonds is 2. The minimum Gasteiger partial charge on any atom is -0.342 e. The molecule has 0 bridgehead atoms. The number of carbonyl (C=O) groups excluding carboxylic acids is 2. The summed E-state index contributed by atoms with van der Waals surface area (Å²) in [7, 11) is 1.76. The van der Waals surface area contributed by atoms with Gasteiger partial charge in [-0.3, -0.25) is 9.59 Å².